The van der Waals surface area contributed by atoms with Crippen molar-refractivity contribution in [2.45, 2.75) is 19.4 Å². The Bertz CT molecular complexity index is 479. The van der Waals surface area contributed by atoms with Crippen LogP contribution in [0.4, 0.5) is 0 Å². The van der Waals surface area contributed by atoms with Gasteiger partial charge >= 0.3 is 0 Å². The summed E-state index contributed by atoms with van der Waals surface area (Å²) in [6.45, 7) is 2.25. The molecule has 0 saturated heterocycles. The number of rotatable bonds is 5. The van der Waals surface area contributed by atoms with Crippen molar-refractivity contribution in [3.63, 3.8) is 0 Å². The lowest BCUT2D eigenvalue weighted by atomic mass is 10.1. The summed E-state index contributed by atoms with van der Waals surface area (Å²) in [5.74, 6) is 6.44. The largest absolute Gasteiger partial charge is 0.348 e. The van der Waals surface area contributed by atoms with Crippen molar-refractivity contribution in [2.75, 3.05) is 18.6 Å². The Morgan fingerprint density at radius 1 is 1.63 bits per heavy atom. The maximum atomic E-state index is 12.1. The van der Waals surface area contributed by atoms with Gasteiger partial charge in [-0.2, -0.15) is 11.8 Å². The molecule has 0 aliphatic carbocycles. The molecule has 4 nitrogen and oxygen atoms in total. The maximum absolute atomic E-state index is 12.1. The van der Waals surface area contributed by atoms with Crippen molar-refractivity contribution in [3.05, 3.63) is 29.6 Å². The topological polar surface area (TPSA) is 68.0 Å². The van der Waals surface area contributed by atoms with Gasteiger partial charge in [0.05, 0.1) is 12.1 Å². The van der Waals surface area contributed by atoms with Crippen LogP contribution in [0.15, 0.2) is 18.3 Å². The lowest BCUT2D eigenvalue weighted by Gasteiger charge is -2.13. The van der Waals surface area contributed by atoms with E-state index in [1.165, 1.54) is 0 Å². The number of pyridine rings is 1. The fraction of sp³-hybridized carbons (Fsp3) is 0.429. The average molecular weight is 277 g/mol. The molecular formula is C14H19N3OS. The Morgan fingerprint density at radius 3 is 3.11 bits per heavy atom. The molecule has 102 valence electrons. The number of carbonyl (C=O) groups excluding carboxylic acids is 1. The Kier molecular flexibility index (Phi) is 7.01. The predicted molar refractivity (Wildman–Crippen MR) is 80.1 cm³/mol. The molecule has 1 aromatic heterocycles. The van der Waals surface area contributed by atoms with E-state index in [2.05, 4.69) is 22.1 Å². The van der Waals surface area contributed by atoms with Gasteiger partial charge in [0.15, 0.2) is 0 Å². The minimum atomic E-state index is -0.185. The molecule has 1 unspecified atom stereocenters. The van der Waals surface area contributed by atoms with Crippen LogP contribution in [0.5, 0.6) is 0 Å². The summed E-state index contributed by atoms with van der Waals surface area (Å²) in [6, 6.07) is 3.66. The van der Waals surface area contributed by atoms with Crippen LogP contribution in [0, 0.1) is 11.8 Å². The normalized spacial score (nSPS) is 11.3. The summed E-state index contributed by atoms with van der Waals surface area (Å²) in [6.07, 6.45) is 4.58. The number of aromatic nitrogens is 1. The molecule has 0 radical (unpaired) electrons. The van der Waals surface area contributed by atoms with Crippen LogP contribution in [0.2, 0.25) is 0 Å². The third-order valence-electron chi connectivity index (χ3n) is 2.48. The molecule has 0 aromatic carbocycles. The molecule has 1 atom stereocenters. The number of hydrogen-bond acceptors (Lipinski definition) is 4. The Labute approximate surface area is 118 Å². The highest BCUT2D eigenvalue weighted by Crippen LogP contribution is 2.05. The van der Waals surface area contributed by atoms with Crippen LogP contribution in [0.1, 0.15) is 29.4 Å². The molecule has 0 spiro atoms. The smallest absolute Gasteiger partial charge is 0.271 e. The lowest BCUT2D eigenvalue weighted by molar-refractivity contribution is 0.0934. The van der Waals surface area contributed by atoms with Gasteiger partial charge in [-0.3, -0.25) is 4.79 Å². The van der Waals surface area contributed by atoms with E-state index in [0.717, 1.165) is 12.2 Å². The number of nitrogens with zero attached hydrogens (tertiary/aromatic N) is 1. The second-order valence-electron chi connectivity index (χ2n) is 4.06. The first-order chi connectivity index (χ1) is 9.19. The van der Waals surface area contributed by atoms with Crippen molar-refractivity contribution in [2.24, 2.45) is 5.73 Å². The number of carbonyl (C=O) groups is 1. The highest BCUT2D eigenvalue weighted by atomic mass is 32.2. The van der Waals surface area contributed by atoms with Gasteiger partial charge in [-0.15, -0.1) is 0 Å². The van der Waals surface area contributed by atoms with Gasteiger partial charge in [-0.05, 0) is 37.5 Å². The second kappa shape index (κ2) is 8.57. The summed E-state index contributed by atoms with van der Waals surface area (Å²) in [5.41, 5.74) is 6.32. The van der Waals surface area contributed by atoms with Crippen LogP contribution in [-0.2, 0) is 0 Å². The predicted octanol–water partition coefficient (Wildman–Crippen LogP) is 1.26. The summed E-state index contributed by atoms with van der Waals surface area (Å²) in [7, 11) is 0. The van der Waals surface area contributed by atoms with Crippen molar-refractivity contribution in [3.8, 4) is 11.8 Å². The van der Waals surface area contributed by atoms with E-state index >= 15 is 0 Å². The molecular weight excluding hydrogens is 258 g/mol. The molecule has 1 heterocycles. The number of amides is 1. The summed E-state index contributed by atoms with van der Waals surface area (Å²) in [4.78, 5) is 16.2. The monoisotopic (exact) mass is 277 g/mol. The van der Waals surface area contributed by atoms with Crippen molar-refractivity contribution < 1.29 is 4.79 Å². The van der Waals surface area contributed by atoms with Crippen LogP contribution in [0.3, 0.4) is 0 Å². The SMILES string of the molecule is CSCCC(C)NC(=O)c1ncccc1C#CCN. The van der Waals surface area contributed by atoms with E-state index in [1.54, 1.807) is 30.1 Å². The zero-order valence-corrected chi connectivity index (χ0v) is 12.1. The summed E-state index contributed by atoms with van der Waals surface area (Å²) >= 11 is 1.76. The highest BCUT2D eigenvalue weighted by molar-refractivity contribution is 7.98. The van der Waals surface area contributed by atoms with Crippen molar-refractivity contribution in [1.82, 2.24) is 10.3 Å². The van der Waals surface area contributed by atoms with E-state index in [0.29, 0.717) is 11.3 Å². The summed E-state index contributed by atoms with van der Waals surface area (Å²) < 4.78 is 0. The molecule has 1 rings (SSSR count). The van der Waals surface area contributed by atoms with Crippen molar-refractivity contribution in [1.29, 1.82) is 0 Å². The first kappa shape index (κ1) is 15.5. The van der Waals surface area contributed by atoms with Crippen molar-refractivity contribution >= 4 is 17.7 Å². The van der Waals surface area contributed by atoms with E-state index in [4.69, 9.17) is 5.73 Å². The molecule has 0 aliphatic rings. The first-order valence-electron chi connectivity index (χ1n) is 6.12. The van der Waals surface area contributed by atoms with E-state index in [9.17, 15) is 4.79 Å². The fourth-order valence-corrected chi connectivity index (χ4v) is 2.08. The Morgan fingerprint density at radius 2 is 2.42 bits per heavy atom. The lowest BCUT2D eigenvalue weighted by Crippen LogP contribution is -2.34. The Balaban J connectivity index is 2.76. The van der Waals surface area contributed by atoms with Crippen LogP contribution in [-0.4, -0.2) is 35.5 Å². The third-order valence-corrected chi connectivity index (χ3v) is 3.12. The molecule has 5 heteroatoms. The molecule has 0 saturated carbocycles. The standard InChI is InChI=1S/C14H19N3OS/c1-11(7-10-19-2)17-14(18)13-12(5-3-8-15)6-4-9-16-13/h4,6,9,11H,7-8,10,15H2,1-2H3,(H,17,18). The maximum Gasteiger partial charge on any atom is 0.271 e. The third kappa shape index (κ3) is 5.33. The second-order valence-corrected chi connectivity index (χ2v) is 5.05. The zero-order chi connectivity index (χ0) is 14.1. The van der Waals surface area contributed by atoms with E-state index < -0.39 is 0 Å². The average Bonchev–Trinajstić information content (AvgIpc) is 2.43. The molecule has 0 fully saturated rings. The van der Waals surface area contributed by atoms with Gasteiger partial charge in [0.25, 0.3) is 5.91 Å². The Hall–Kier alpha value is -1.51. The molecule has 19 heavy (non-hydrogen) atoms. The zero-order valence-electron chi connectivity index (χ0n) is 11.3. The van der Waals surface area contributed by atoms with Gasteiger partial charge in [0.1, 0.15) is 5.69 Å². The first-order valence-corrected chi connectivity index (χ1v) is 7.52. The molecule has 0 aliphatic heterocycles. The summed E-state index contributed by atoms with van der Waals surface area (Å²) in [5, 5.41) is 2.93. The molecule has 0 bridgehead atoms. The number of thioether (sulfide) groups is 1. The van der Waals surface area contributed by atoms with E-state index in [1.807, 2.05) is 13.2 Å². The number of nitrogens with two attached hydrogens (primary N) is 1. The quantitative estimate of drug-likeness (QED) is 0.795. The molecule has 3 N–H and O–H groups in total. The van der Waals surface area contributed by atoms with Gasteiger partial charge in [0, 0.05) is 12.2 Å². The molecule has 1 aromatic rings. The highest BCUT2D eigenvalue weighted by Gasteiger charge is 2.13. The van der Waals surface area contributed by atoms with Crippen LogP contribution >= 0.6 is 11.8 Å². The molecule has 1 amide bonds. The van der Waals surface area contributed by atoms with Gasteiger partial charge < -0.3 is 11.1 Å². The fourth-order valence-electron chi connectivity index (χ4n) is 1.49. The van der Waals surface area contributed by atoms with Gasteiger partial charge in [-0.25, -0.2) is 4.98 Å². The van der Waals surface area contributed by atoms with Gasteiger partial charge in [0.2, 0.25) is 0 Å². The number of hydrogen-bond donors (Lipinski definition) is 2. The van der Waals surface area contributed by atoms with Crippen LogP contribution < -0.4 is 11.1 Å². The van der Waals surface area contributed by atoms with Crippen LogP contribution in [0.25, 0.3) is 0 Å². The van der Waals surface area contributed by atoms with Gasteiger partial charge in [-0.1, -0.05) is 11.8 Å². The minimum Gasteiger partial charge on any atom is -0.348 e. The van der Waals surface area contributed by atoms with E-state index in [-0.39, 0.29) is 18.5 Å². The minimum absolute atomic E-state index is 0.122. The number of nitrogens with one attached hydrogen (secondary N) is 1.